The predicted molar refractivity (Wildman–Crippen MR) is 80.9 cm³/mol. The first-order valence-electron chi connectivity index (χ1n) is 7.46. The van der Waals surface area contributed by atoms with E-state index in [4.69, 9.17) is 0 Å². The zero-order valence-electron chi connectivity index (χ0n) is 11.6. The van der Waals surface area contributed by atoms with Crippen LogP contribution in [0.5, 0.6) is 0 Å². The van der Waals surface area contributed by atoms with E-state index in [1.165, 1.54) is 0 Å². The Hall–Kier alpha value is -1.67. The third kappa shape index (κ3) is 2.36. The quantitative estimate of drug-likeness (QED) is 0.657. The van der Waals surface area contributed by atoms with Crippen LogP contribution in [-0.4, -0.2) is 16.5 Å². The third-order valence-electron chi connectivity index (χ3n) is 4.39. The molecule has 0 amide bonds. The van der Waals surface area contributed by atoms with E-state index in [0.717, 1.165) is 36.5 Å². The first kappa shape index (κ1) is 13.3. The second-order valence-corrected chi connectivity index (χ2v) is 5.80. The molecule has 1 fully saturated rings. The molecule has 0 aliphatic heterocycles. The minimum atomic E-state index is -1.17. The van der Waals surface area contributed by atoms with Crippen LogP contribution >= 0.6 is 0 Å². The van der Waals surface area contributed by atoms with Gasteiger partial charge in [0.2, 0.25) is 0 Å². The van der Waals surface area contributed by atoms with Crippen molar-refractivity contribution in [1.29, 1.82) is 0 Å². The number of rotatable bonds is 2. The number of carbonyl (C=O) groups excluding carboxylic acids is 1. The normalized spacial score (nSPS) is 18.6. The smallest absolute Gasteiger partial charge is 0.194 e. The van der Waals surface area contributed by atoms with Gasteiger partial charge in [-0.2, -0.15) is 0 Å². The van der Waals surface area contributed by atoms with Crippen molar-refractivity contribution < 1.29 is 9.90 Å². The number of hydrogen-bond acceptors (Lipinski definition) is 2. The number of hydrogen-bond donors (Lipinski definition) is 1. The second-order valence-electron chi connectivity index (χ2n) is 5.80. The van der Waals surface area contributed by atoms with Crippen molar-refractivity contribution in [2.75, 3.05) is 0 Å². The lowest BCUT2D eigenvalue weighted by Gasteiger charge is -2.25. The highest BCUT2D eigenvalue weighted by Crippen LogP contribution is 2.32. The highest BCUT2D eigenvalue weighted by molar-refractivity contribution is 6.11. The summed E-state index contributed by atoms with van der Waals surface area (Å²) in [5, 5.41) is 12.8. The largest absolute Gasteiger partial charge is 0.382 e. The first-order chi connectivity index (χ1) is 9.71. The SMILES string of the molecule is O=C(c1cccc2ccccc12)C1(O)CCCCCC1. The van der Waals surface area contributed by atoms with Crippen LogP contribution in [0.15, 0.2) is 42.5 Å². The van der Waals surface area contributed by atoms with Crippen LogP contribution in [0.2, 0.25) is 0 Å². The Morgan fingerprint density at radius 2 is 1.55 bits per heavy atom. The summed E-state index contributed by atoms with van der Waals surface area (Å²) in [5.74, 6) is -0.101. The van der Waals surface area contributed by atoms with E-state index in [0.29, 0.717) is 18.4 Å². The van der Waals surface area contributed by atoms with Crippen LogP contribution in [0.3, 0.4) is 0 Å². The fourth-order valence-electron chi connectivity index (χ4n) is 3.21. The number of benzene rings is 2. The van der Waals surface area contributed by atoms with Gasteiger partial charge in [0, 0.05) is 5.56 Å². The van der Waals surface area contributed by atoms with Gasteiger partial charge in [0.05, 0.1) is 0 Å². The van der Waals surface area contributed by atoms with Crippen LogP contribution in [-0.2, 0) is 0 Å². The average Bonchev–Trinajstić information content (AvgIpc) is 2.72. The molecule has 1 aliphatic carbocycles. The summed E-state index contributed by atoms with van der Waals surface area (Å²) < 4.78 is 0. The van der Waals surface area contributed by atoms with Crippen LogP contribution in [0.1, 0.15) is 48.9 Å². The van der Waals surface area contributed by atoms with Gasteiger partial charge in [-0.05, 0) is 23.6 Å². The topological polar surface area (TPSA) is 37.3 Å². The van der Waals surface area contributed by atoms with Gasteiger partial charge in [-0.15, -0.1) is 0 Å². The zero-order chi connectivity index (χ0) is 14.0. The molecule has 2 nitrogen and oxygen atoms in total. The molecule has 1 saturated carbocycles. The van der Waals surface area contributed by atoms with Crippen molar-refractivity contribution in [1.82, 2.24) is 0 Å². The van der Waals surface area contributed by atoms with Gasteiger partial charge in [0.1, 0.15) is 5.60 Å². The Morgan fingerprint density at radius 3 is 2.30 bits per heavy atom. The highest BCUT2D eigenvalue weighted by atomic mass is 16.3. The highest BCUT2D eigenvalue weighted by Gasteiger charge is 2.37. The Labute approximate surface area is 119 Å². The van der Waals surface area contributed by atoms with Gasteiger partial charge in [0.25, 0.3) is 0 Å². The fraction of sp³-hybridized carbons (Fsp3) is 0.389. The zero-order valence-corrected chi connectivity index (χ0v) is 11.6. The van der Waals surface area contributed by atoms with Crippen molar-refractivity contribution in [3.8, 4) is 0 Å². The molecule has 0 unspecified atom stereocenters. The molecule has 1 aliphatic rings. The lowest BCUT2D eigenvalue weighted by atomic mass is 9.84. The van der Waals surface area contributed by atoms with Gasteiger partial charge in [0.15, 0.2) is 5.78 Å². The molecule has 2 aromatic rings. The minimum absolute atomic E-state index is 0.101. The number of carbonyl (C=O) groups is 1. The molecule has 0 atom stereocenters. The molecule has 3 rings (SSSR count). The molecule has 1 N–H and O–H groups in total. The number of ketones is 1. The summed E-state index contributed by atoms with van der Waals surface area (Å²) in [6.45, 7) is 0. The summed E-state index contributed by atoms with van der Waals surface area (Å²) in [4.78, 5) is 12.8. The fourth-order valence-corrected chi connectivity index (χ4v) is 3.21. The molecule has 2 heteroatoms. The average molecular weight is 268 g/mol. The molecule has 104 valence electrons. The van der Waals surface area contributed by atoms with Crippen molar-refractivity contribution in [3.05, 3.63) is 48.0 Å². The summed E-state index contributed by atoms with van der Waals surface area (Å²) in [5.41, 5.74) is -0.506. The molecule has 20 heavy (non-hydrogen) atoms. The van der Waals surface area contributed by atoms with Crippen molar-refractivity contribution in [2.45, 2.75) is 44.1 Å². The summed E-state index contributed by atoms with van der Waals surface area (Å²) in [7, 11) is 0. The van der Waals surface area contributed by atoms with Crippen LogP contribution in [0, 0.1) is 0 Å². The molecule has 0 saturated heterocycles. The van der Waals surface area contributed by atoms with Crippen molar-refractivity contribution in [2.24, 2.45) is 0 Å². The van der Waals surface area contributed by atoms with Crippen LogP contribution in [0.4, 0.5) is 0 Å². The molecular formula is C18H20O2. The van der Waals surface area contributed by atoms with Gasteiger partial charge in [-0.25, -0.2) is 0 Å². The Balaban J connectivity index is 2.03. The van der Waals surface area contributed by atoms with Gasteiger partial charge in [-0.1, -0.05) is 68.1 Å². The maximum absolute atomic E-state index is 12.8. The summed E-state index contributed by atoms with van der Waals surface area (Å²) >= 11 is 0. The minimum Gasteiger partial charge on any atom is -0.382 e. The Kier molecular flexibility index (Phi) is 3.58. The van der Waals surface area contributed by atoms with E-state index < -0.39 is 5.60 Å². The standard InChI is InChI=1S/C18H20O2/c19-17(18(20)12-5-1-2-6-13-18)16-11-7-9-14-8-3-4-10-15(14)16/h3-4,7-11,20H,1-2,5-6,12-13H2. The number of aliphatic hydroxyl groups is 1. The van der Waals surface area contributed by atoms with Crippen LogP contribution < -0.4 is 0 Å². The number of fused-ring (bicyclic) bond motifs is 1. The first-order valence-corrected chi connectivity index (χ1v) is 7.46. The Bertz CT molecular complexity index is 617. The van der Waals surface area contributed by atoms with Gasteiger partial charge >= 0.3 is 0 Å². The maximum atomic E-state index is 12.8. The monoisotopic (exact) mass is 268 g/mol. The lowest BCUT2D eigenvalue weighted by Crippen LogP contribution is -2.38. The molecule has 0 heterocycles. The van der Waals surface area contributed by atoms with E-state index in [-0.39, 0.29) is 5.78 Å². The third-order valence-corrected chi connectivity index (χ3v) is 4.39. The van der Waals surface area contributed by atoms with Gasteiger partial charge in [-0.3, -0.25) is 4.79 Å². The maximum Gasteiger partial charge on any atom is 0.194 e. The van der Waals surface area contributed by atoms with Crippen LogP contribution in [0.25, 0.3) is 10.8 Å². The summed E-state index contributed by atoms with van der Waals surface area (Å²) in [6, 6.07) is 13.6. The number of Topliss-reactive ketones (excluding diaryl/α,β-unsaturated/α-hetero) is 1. The molecular weight excluding hydrogens is 248 g/mol. The molecule has 0 aromatic heterocycles. The van der Waals surface area contributed by atoms with Crippen molar-refractivity contribution >= 4 is 16.6 Å². The van der Waals surface area contributed by atoms with E-state index in [9.17, 15) is 9.90 Å². The van der Waals surface area contributed by atoms with E-state index >= 15 is 0 Å². The molecule has 0 bridgehead atoms. The molecule has 2 aromatic carbocycles. The van der Waals surface area contributed by atoms with E-state index in [1.807, 2.05) is 42.5 Å². The predicted octanol–water partition coefficient (Wildman–Crippen LogP) is 4.11. The molecule has 0 spiro atoms. The second kappa shape index (κ2) is 5.37. The van der Waals surface area contributed by atoms with E-state index in [1.54, 1.807) is 0 Å². The van der Waals surface area contributed by atoms with Crippen molar-refractivity contribution in [3.63, 3.8) is 0 Å². The van der Waals surface area contributed by atoms with Gasteiger partial charge < -0.3 is 5.11 Å². The molecule has 0 radical (unpaired) electrons. The lowest BCUT2D eigenvalue weighted by molar-refractivity contribution is 0.0240. The summed E-state index contributed by atoms with van der Waals surface area (Å²) in [6.07, 6.45) is 5.29. The Morgan fingerprint density at radius 1 is 0.900 bits per heavy atom. The van der Waals surface area contributed by atoms with E-state index in [2.05, 4.69) is 0 Å².